The molecule has 1 heterocycles. The summed E-state index contributed by atoms with van der Waals surface area (Å²) in [6.45, 7) is 2.40. The summed E-state index contributed by atoms with van der Waals surface area (Å²) in [5.41, 5.74) is 2.36. The summed E-state index contributed by atoms with van der Waals surface area (Å²) in [6.07, 6.45) is 2.06. The Labute approximate surface area is 114 Å². The molecule has 2 aromatic rings. The van der Waals surface area contributed by atoms with Gasteiger partial charge in [0.25, 0.3) is 0 Å². The Morgan fingerprint density at radius 3 is 2.58 bits per heavy atom. The van der Waals surface area contributed by atoms with Gasteiger partial charge in [0, 0.05) is 37.8 Å². The fourth-order valence-electron chi connectivity index (χ4n) is 1.95. The van der Waals surface area contributed by atoms with Crippen molar-refractivity contribution in [3.8, 4) is 11.4 Å². The molecule has 2 rings (SSSR count). The lowest BCUT2D eigenvalue weighted by Gasteiger charge is -2.11. The third-order valence-corrected chi connectivity index (χ3v) is 2.97. The first-order valence-electron chi connectivity index (χ1n) is 6.35. The van der Waals surface area contributed by atoms with E-state index in [0.29, 0.717) is 0 Å². The highest BCUT2D eigenvalue weighted by Gasteiger charge is 2.03. The zero-order valence-electron chi connectivity index (χ0n) is 11.4. The van der Waals surface area contributed by atoms with Crippen LogP contribution in [-0.2, 0) is 11.3 Å². The van der Waals surface area contributed by atoms with Crippen LogP contribution in [-0.4, -0.2) is 31.9 Å². The first kappa shape index (κ1) is 13.6. The van der Waals surface area contributed by atoms with Crippen molar-refractivity contribution in [1.82, 2.24) is 9.88 Å². The monoisotopic (exact) mass is 260 g/mol. The number of nitrogens with one attached hydrogen (secondary N) is 1. The van der Waals surface area contributed by atoms with Gasteiger partial charge in [-0.3, -0.25) is 0 Å². The van der Waals surface area contributed by atoms with Gasteiger partial charge in [0.1, 0.15) is 5.75 Å². The van der Waals surface area contributed by atoms with E-state index in [4.69, 9.17) is 9.47 Å². The lowest BCUT2D eigenvalue weighted by Crippen LogP contribution is -2.20. The van der Waals surface area contributed by atoms with Gasteiger partial charge >= 0.3 is 0 Å². The van der Waals surface area contributed by atoms with Gasteiger partial charge in [-0.15, -0.1) is 0 Å². The second-order valence-corrected chi connectivity index (χ2v) is 4.24. The molecule has 0 amide bonds. The van der Waals surface area contributed by atoms with Crippen molar-refractivity contribution in [2.45, 2.75) is 6.54 Å². The summed E-state index contributed by atoms with van der Waals surface area (Å²) in [7, 11) is 3.39. The van der Waals surface area contributed by atoms with Crippen LogP contribution in [0.3, 0.4) is 0 Å². The van der Waals surface area contributed by atoms with E-state index in [1.165, 1.54) is 5.69 Å². The fraction of sp³-hybridized carbons (Fsp3) is 0.333. The van der Waals surface area contributed by atoms with Crippen LogP contribution in [0.1, 0.15) is 5.69 Å². The number of aromatic nitrogens is 1. The smallest absolute Gasteiger partial charge is 0.119 e. The van der Waals surface area contributed by atoms with Crippen molar-refractivity contribution in [2.24, 2.45) is 0 Å². The second kappa shape index (κ2) is 6.97. The van der Waals surface area contributed by atoms with Crippen LogP contribution >= 0.6 is 0 Å². The highest BCUT2D eigenvalue weighted by molar-refractivity contribution is 5.39. The van der Waals surface area contributed by atoms with E-state index in [0.717, 1.165) is 31.1 Å². The van der Waals surface area contributed by atoms with Gasteiger partial charge in [0.05, 0.1) is 13.7 Å². The number of nitrogens with zero attached hydrogens (tertiary/aromatic N) is 1. The van der Waals surface area contributed by atoms with Gasteiger partial charge in [-0.25, -0.2) is 0 Å². The molecule has 0 atom stereocenters. The third kappa shape index (κ3) is 3.59. The summed E-state index contributed by atoms with van der Waals surface area (Å²) in [5.74, 6) is 0.871. The minimum absolute atomic E-state index is 0.725. The first-order chi connectivity index (χ1) is 9.35. The van der Waals surface area contributed by atoms with E-state index in [2.05, 4.69) is 40.3 Å². The van der Waals surface area contributed by atoms with E-state index in [1.54, 1.807) is 14.2 Å². The summed E-state index contributed by atoms with van der Waals surface area (Å²) in [4.78, 5) is 0. The average Bonchev–Trinajstić information content (AvgIpc) is 2.92. The zero-order valence-corrected chi connectivity index (χ0v) is 11.4. The minimum atomic E-state index is 0.725. The second-order valence-electron chi connectivity index (χ2n) is 4.24. The molecule has 0 bridgehead atoms. The van der Waals surface area contributed by atoms with Crippen LogP contribution < -0.4 is 10.1 Å². The van der Waals surface area contributed by atoms with Crippen LogP contribution in [0.2, 0.25) is 0 Å². The Morgan fingerprint density at radius 2 is 1.89 bits per heavy atom. The highest BCUT2D eigenvalue weighted by atomic mass is 16.5. The average molecular weight is 260 g/mol. The number of methoxy groups -OCH3 is 2. The molecule has 0 aliphatic carbocycles. The quantitative estimate of drug-likeness (QED) is 0.775. The van der Waals surface area contributed by atoms with E-state index >= 15 is 0 Å². The van der Waals surface area contributed by atoms with Crippen LogP contribution in [0, 0.1) is 0 Å². The molecule has 0 saturated heterocycles. The molecular formula is C15H20N2O2. The molecular weight excluding hydrogens is 240 g/mol. The van der Waals surface area contributed by atoms with Gasteiger partial charge < -0.3 is 19.4 Å². The van der Waals surface area contributed by atoms with Crippen molar-refractivity contribution in [1.29, 1.82) is 0 Å². The first-order valence-corrected chi connectivity index (χ1v) is 6.35. The summed E-state index contributed by atoms with van der Waals surface area (Å²) in [5, 5.41) is 3.35. The normalized spacial score (nSPS) is 10.6. The largest absolute Gasteiger partial charge is 0.497 e. The molecule has 0 aliphatic heterocycles. The van der Waals surface area contributed by atoms with Gasteiger partial charge in [0.2, 0.25) is 0 Å². The Bertz CT molecular complexity index is 491. The van der Waals surface area contributed by atoms with E-state index in [9.17, 15) is 0 Å². The van der Waals surface area contributed by atoms with Crippen LogP contribution in [0.4, 0.5) is 0 Å². The Morgan fingerprint density at radius 1 is 1.11 bits per heavy atom. The van der Waals surface area contributed by atoms with Gasteiger partial charge in [-0.2, -0.15) is 0 Å². The molecule has 0 fully saturated rings. The van der Waals surface area contributed by atoms with Crippen molar-refractivity contribution in [3.05, 3.63) is 48.3 Å². The Hall–Kier alpha value is -1.78. The molecule has 1 N–H and O–H groups in total. The maximum Gasteiger partial charge on any atom is 0.119 e. The fourth-order valence-corrected chi connectivity index (χ4v) is 1.95. The summed E-state index contributed by atoms with van der Waals surface area (Å²) >= 11 is 0. The number of rotatable bonds is 7. The van der Waals surface area contributed by atoms with Crippen molar-refractivity contribution >= 4 is 0 Å². The van der Waals surface area contributed by atoms with Crippen LogP contribution in [0.15, 0.2) is 42.6 Å². The van der Waals surface area contributed by atoms with E-state index in [-0.39, 0.29) is 0 Å². The molecule has 0 aliphatic rings. The number of hydrogen-bond donors (Lipinski definition) is 1. The molecule has 0 spiro atoms. The molecule has 0 saturated carbocycles. The topological polar surface area (TPSA) is 35.4 Å². The maximum atomic E-state index is 5.17. The van der Waals surface area contributed by atoms with Crippen LogP contribution in [0.5, 0.6) is 5.75 Å². The Balaban J connectivity index is 2.05. The van der Waals surface area contributed by atoms with Gasteiger partial charge in [0.15, 0.2) is 0 Å². The number of hydrogen-bond acceptors (Lipinski definition) is 3. The SMILES string of the molecule is COCCNCc1cccn1-c1ccc(OC)cc1. The summed E-state index contributed by atoms with van der Waals surface area (Å²) in [6, 6.07) is 12.2. The van der Waals surface area contributed by atoms with Gasteiger partial charge in [-0.05, 0) is 36.4 Å². The zero-order chi connectivity index (χ0) is 13.5. The number of ether oxygens (including phenoxy) is 2. The predicted molar refractivity (Wildman–Crippen MR) is 75.9 cm³/mol. The van der Waals surface area contributed by atoms with Crippen molar-refractivity contribution in [3.63, 3.8) is 0 Å². The van der Waals surface area contributed by atoms with Crippen molar-refractivity contribution < 1.29 is 9.47 Å². The molecule has 4 heteroatoms. The summed E-state index contributed by atoms with van der Waals surface area (Å²) < 4.78 is 12.4. The standard InChI is InChI=1S/C15H20N2O2/c1-18-11-9-16-12-14-4-3-10-17(14)13-5-7-15(19-2)8-6-13/h3-8,10,16H,9,11-12H2,1-2H3. The lowest BCUT2D eigenvalue weighted by atomic mass is 10.3. The van der Waals surface area contributed by atoms with Crippen molar-refractivity contribution in [2.75, 3.05) is 27.4 Å². The third-order valence-electron chi connectivity index (χ3n) is 2.97. The molecule has 4 nitrogen and oxygen atoms in total. The van der Waals surface area contributed by atoms with E-state index < -0.39 is 0 Å². The maximum absolute atomic E-state index is 5.17. The lowest BCUT2D eigenvalue weighted by molar-refractivity contribution is 0.199. The molecule has 0 radical (unpaired) electrons. The minimum Gasteiger partial charge on any atom is -0.497 e. The van der Waals surface area contributed by atoms with Gasteiger partial charge in [-0.1, -0.05) is 0 Å². The molecule has 0 unspecified atom stereocenters. The molecule has 19 heavy (non-hydrogen) atoms. The molecule has 102 valence electrons. The molecule has 1 aromatic carbocycles. The van der Waals surface area contributed by atoms with E-state index in [1.807, 2.05) is 12.1 Å². The number of benzene rings is 1. The van der Waals surface area contributed by atoms with Crippen LogP contribution in [0.25, 0.3) is 5.69 Å². The Kier molecular flexibility index (Phi) is 5.01. The predicted octanol–water partition coefficient (Wildman–Crippen LogP) is 2.22. The highest BCUT2D eigenvalue weighted by Crippen LogP contribution is 2.17. The molecule has 1 aromatic heterocycles.